The van der Waals surface area contributed by atoms with Crippen LogP contribution >= 0.6 is 27.3 Å². The lowest BCUT2D eigenvalue weighted by Crippen LogP contribution is -2.14. The van der Waals surface area contributed by atoms with Crippen LogP contribution in [0.1, 0.15) is 42.5 Å². The Labute approximate surface area is 131 Å². The summed E-state index contributed by atoms with van der Waals surface area (Å²) in [5.74, 6) is 0. The number of hydrogen-bond donors (Lipinski definition) is 1. The van der Waals surface area contributed by atoms with Gasteiger partial charge >= 0.3 is 0 Å². The number of nitrogens with two attached hydrogens (primary N) is 1. The maximum Gasteiger partial charge on any atom is 0.180 e. The molecule has 0 aliphatic heterocycles. The fraction of sp³-hybridized carbons (Fsp3) is 0.333. The number of aromatic nitrogens is 1. The molecule has 0 saturated carbocycles. The van der Waals surface area contributed by atoms with Gasteiger partial charge in [-0.2, -0.15) is 5.26 Å². The Balaban J connectivity index is 2.46. The van der Waals surface area contributed by atoms with E-state index in [4.69, 9.17) is 5.73 Å². The van der Waals surface area contributed by atoms with Crippen molar-refractivity contribution in [3.05, 3.63) is 44.4 Å². The lowest BCUT2D eigenvalue weighted by molar-refractivity contribution is 0.568. The lowest BCUT2D eigenvalue weighted by Gasteiger charge is -2.17. The largest absolute Gasteiger partial charge is 0.375 e. The Hall–Kier alpha value is -1.38. The van der Waals surface area contributed by atoms with Crippen LogP contribution in [-0.2, 0) is 11.8 Å². The van der Waals surface area contributed by atoms with Gasteiger partial charge in [-0.05, 0) is 23.8 Å². The molecule has 0 saturated heterocycles. The molecule has 3 nitrogen and oxygen atoms in total. The summed E-state index contributed by atoms with van der Waals surface area (Å²) in [5, 5.41) is 9.80. The molecule has 1 aromatic carbocycles. The molecule has 0 spiro atoms. The van der Waals surface area contributed by atoms with Gasteiger partial charge < -0.3 is 5.73 Å². The van der Waals surface area contributed by atoms with Gasteiger partial charge in [0.1, 0.15) is 0 Å². The van der Waals surface area contributed by atoms with E-state index in [1.54, 1.807) is 0 Å². The minimum Gasteiger partial charge on any atom is -0.375 e. The molecule has 1 aromatic heterocycles. The fourth-order valence-electron chi connectivity index (χ4n) is 2.07. The summed E-state index contributed by atoms with van der Waals surface area (Å²) in [4.78, 5) is 5.59. The van der Waals surface area contributed by atoms with Gasteiger partial charge in [-0.3, -0.25) is 0 Å². The Morgan fingerprint density at radius 1 is 1.40 bits per heavy atom. The van der Waals surface area contributed by atoms with E-state index in [0.717, 1.165) is 20.6 Å². The van der Waals surface area contributed by atoms with E-state index in [0.29, 0.717) is 17.1 Å². The monoisotopic (exact) mass is 349 g/mol. The molecule has 2 aromatic rings. The molecule has 1 heterocycles. The summed E-state index contributed by atoms with van der Waals surface area (Å²) < 4.78 is 0.973. The normalized spacial score (nSPS) is 11.3. The van der Waals surface area contributed by atoms with Gasteiger partial charge in [0.15, 0.2) is 5.13 Å². The summed E-state index contributed by atoms with van der Waals surface area (Å²) in [6.07, 6.45) is 0.684. The summed E-state index contributed by atoms with van der Waals surface area (Å²) >= 11 is 4.96. The number of rotatable bonds is 2. The number of thiazole rings is 1. The molecule has 5 heteroatoms. The van der Waals surface area contributed by atoms with Crippen molar-refractivity contribution in [1.82, 2.24) is 4.98 Å². The van der Waals surface area contributed by atoms with Gasteiger partial charge in [0, 0.05) is 21.2 Å². The number of nitrogens with zero attached hydrogens (tertiary/aromatic N) is 2. The number of hydrogen-bond acceptors (Lipinski definition) is 4. The van der Waals surface area contributed by atoms with Crippen molar-refractivity contribution in [3.63, 3.8) is 0 Å². The predicted molar refractivity (Wildman–Crippen MR) is 86.9 cm³/mol. The third kappa shape index (κ3) is 3.20. The highest BCUT2D eigenvalue weighted by atomic mass is 79.9. The Morgan fingerprint density at radius 3 is 2.70 bits per heavy atom. The quantitative estimate of drug-likeness (QED) is 0.881. The molecule has 2 N–H and O–H groups in total. The maximum absolute atomic E-state index is 9.22. The molecule has 0 bridgehead atoms. The first-order chi connectivity index (χ1) is 9.31. The highest BCUT2D eigenvalue weighted by Gasteiger charge is 2.23. The second kappa shape index (κ2) is 5.55. The van der Waals surface area contributed by atoms with Crippen LogP contribution in [0.5, 0.6) is 0 Å². The van der Waals surface area contributed by atoms with Crippen LogP contribution in [0.2, 0.25) is 0 Å². The van der Waals surface area contributed by atoms with Gasteiger partial charge in [0.2, 0.25) is 0 Å². The van der Waals surface area contributed by atoms with Crippen molar-refractivity contribution >= 4 is 32.4 Å². The zero-order valence-corrected chi connectivity index (χ0v) is 14.1. The number of nitrogen functional groups attached to an aromatic ring is 1. The second-order valence-electron chi connectivity index (χ2n) is 5.66. The first-order valence-corrected chi connectivity index (χ1v) is 7.86. The summed E-state index contributed by atoms with van der Waals surface area (Å²) in [7, 11) is 0. The molecule has 104 valence electrons. The summed E-state index contributed by atoms with van der Waals surface area (Å²) in [5.41, 5.74) is 8.52. The standard InChI is InChI=1S/C15H16BrN3S/c1-15(2,3)13-12(20-14(18)19-13)7-10-6-11(16)5-4-9(10)8-17/h4-6H,7H2,1-3H3,(H2,18,19). The minimum atomic E-state index is -0.0533. The third-order valence-corrected chi connectivity index (χ3v) is 4.34. The highest BCUT2D eigenvalue weighted by Crippen LogP contribution is 2.33. The van der Waals surface area contributed by atoms with Crippen LogP contribution in [0.4, 0.5) is 5.13 Å². The number of halogens is 1. The average Bonchev–Trinajstić information content (AvgIpc) is 2.70. The lowest BCUT2D eigenvalue weighted by atomic mass is 9.89. The predicted octanol–water partition coefficient (Wildman–Crippen LogP) is 4.25. The number of benzene rings is 1. The van der Waals surface area contributed by atoms with Gasteiger partial charge in [-0.15, -0.1) is 11.3 Å². The topological polar surface area (TPSA) is 62.7 Å². The maximum atomic E-state index is 9.22. The molecular weight excluding hydrogens is 334 g/mol. The van der Waals surface area contributed by atoms with Crippen LogP contribution < -0.4 is 5.73 Å². The van der Waals surface area contributed by atoms with Gasteiger partial charge in [-0.1, -0.05) is 36.7 Å². The smallest absolute Gasteiger partial charge is 0.180 e. The van der Waals surface area contributed by atoms with Crippen molar-refractivity contribution in [3.8, 4) is 6.07 Å². The third-order valence-electron chi connectivity index (χ3n) is 2.96. The van der Waals surface area contributed by atoms with Crippen LogP contribution in [0, 0.1) is 11.3 Å². The van der Waals surface area contributed by atoms with Gasteiger partial charge in [-0.25, -0.2) is 4.98 Å². The molecule has 0 unspecified atom stereocenters. The van der Waals surface area contributed by atoms with Gasteiger partial charge in [0.25, 0.3) is 0 Å². The fourth-order valence-corrected chi connectivity index (χ4v) is 3.54. The van der Waals surface area contributed by atoms with E-state index < -0.39 is 0 Å². The van der Waals surface area contributed by atoms with Crippen molar-refractivity contribution < 1.29 is 0 Å². The average molecular weight is 350 g/mol. The van der Waals surface area contributed by atoms with Crippen molar-refractivity contribution in [2.75, 3.05) is 5.73 Å². The Bertz CT molecular complexity index is 677. The highest BCUT2D eigenvalue weighted by molar-refractivity contribution is 9.10. The first kappa shape index (κ1) is 15.0. The second-order valence-corrected chi connectivity index (χ2v) is 7.69. The number of nitriles is 1. The van der Waals surface area contributed by atoms with E-state index in [1.165, 1.54) is 11.3 Å². The van der Waals surface area contributed by atoms with E-state index in [1.807, 2.05) is 18.2 Å². The van der Waals surface area contributed by atoms with E-state index in [2.05, 4.69) is 47.8 Å². The molecule has 0 aliphatic rings. The van der Waals surface area contributed by atoms with Crippen molar-refractivity contribution in [2.24, 2.45) is 0 Å². The molecule has 0 radical (unpaired) electrons. The molecule has 0 atom stereocenters. The molecule has 2 rings (SSSR count). The molecular formula is C15H16BrN3S. The molecule has 0 aliphatic carbocycles. The summed E-state index contributed by atoms with van der Waals surface area (Å²) in [6.45, 7) is 6.37. The minimum absolute atomic E-state index is 0.0533. The van der Waals surface area contributed by atoms with E-state index in [9.17, 15) is 5.26 Å². The van der Waals surface area contributed by atoms with E-state index in [-0.39, 0.29) is 5.41 Å². The molecule has 20 heavy (non-hydrogen) atoms. The van der Waals surface area contributed by atoms with Gasteiger partial charge in [0.05, 0.1) is 17.3 Å². The van der Waals surface area contributed by atoms with Crippen molar-refractivity contribution in [1.29, 1.82) is 5.26 Å². The Morgan fingerprint density at radius 2 is 2.10 bits per heavy atom. The van der Waals surface area contributed by atoms with Crippen molar-refractivity contribution in [2.45, 2.75) is 32.6 Å². The number of anilines is 1. The van der Waals surface area contributed by atoms with Crippen LogP contribution in [0.25, 0.3) is 0 Å². The van der Waals surface area contributed by atoms with Crippen LogP contribution in [-0.4, -0.2) is 4.98 Å². The van der Waals surface area contributed by atoms with Crippen LogP contribution in [0.3, 0.4) is 0 Å². The van der Waals surface area contributed by atoms with E-state index >= 15 is 0 Å². The molecule has 0 amide bonds. The van der Waals surface area contributed by atoms with Crippen LogP contribution in [0.15, 0.2) is 22.7 Å². The SMILES string of the molecule is CC(C)(C)c1nc(N)sc1Cc1cc(Br)ccc1C#N. The Kier molecular flexibility index (Phi) is 4.17. The molecule has 0 fully saturated rings. The zero-order valence-electron chi connectivity index (χ0n) is 11.7. The first-order valence-electron chi connectivity index (χ1n) is 6.25. The zero-order chi connectivity index (χ0) is 14.9. The summed E-state index contributed by atoms with van der Waals surface area (Å²) in [6, 6.07) is 7.94.